The lowest BCUT2D eigenvalue weighted by molar-refractivity contribution is -0.144. The monoisotopic (exact) mass is 275 g/mol. The van der Waals surface area contributed by atoms with E-state index in [-0.39, 0.29) is 18.2 Å². The Hall–Kier alpha value is -1.13. The smallest absolute Gasteiger partial charge is 0.328 e. The molecule has 0 amide bonds. The summed E-state index contributed by atoms with van der Waals surface area (Å²) in [6, 6.07) is 4.23. The molecule has 1 aromatic rings. The molecular formula is C13H19ClFNO2. The van der Waals surface area contributed by atoms with E-state index in [4.69, 9.17) is 5.73 Å². The number of aliphatic carboxylic acids is 1. The van der Waals surface area contributed by atoms with E-state index in [9.17, 15) is 14.3 Å². The molecule has 0 aliphatic carbocycles. The Kier molecular flexibility index (Phi) is 6.29. The number of hydrogen-bond donors (Lipinski definition) is 2. The predicted octanol–water partition coefficient (Wildman–Crippen LogP) is 2.98. The molecule has 102 valence electrons. The average molecular weight is 276 g/mol. The van der Waals surface area contributed by atoms with Crippen molar-refractivity contribution in [2.45, 2.75) is 38.6 Å². The molecule has 1 rings (SSSR count). The Bertz CT molecular complexity index is 425. The van der Waals surface area contributed by atoms with Gasteiger partial charge < -0.3 is 10.8 Å². The van der Waals surface area contributed by atoms with Crippen molar-refractivity contribution in [3.63, 3.8) is 0 Å². The van der Waals surface area contributed by atoms with Crippen molar-refractivity contribution in [2.24, 2.45) is 5.73 Å². The third-order valence-electron chi connectivity index (χ3n) is 2.98. The standard InChI is InChI=1S/C13H18FNO2.ClH/c1-3-4-7-13(15,12(16)17)10-5-6-11(14)9(2)8-10;/h5-6,8H,3-4,7,15H2,1-2H3,(H,16,17);1H. The molecule has 0 saturated carbocycles. The Morgan fingerprint density at radius 2 is 2.11 bits per heavy atom. The number of halogens is 2. The van der Waals surface area contributed by atoms with Gasteiger partial charge in [-0.25, -0.2) is 9.18 Å². The molecule has 3 nitrogen and oxygen atoms in total. The van der Waals surface area contributed by atoms with Crippen molar-refractivity contribution in [3.05, 3.63) is 35.1 Å². The van der Waals surface area contributed by atoms with Gasteiger partial charge in [0.15, 0.2) is 0 Å². The molecule has 0 fully saturated rings. The highest BCUT2D eigenvalue weighted by atomic mass is 35.5. The lowest BCUT2D eigenvalue weighted by Gasteiger charge is -2.25. The van der Waals surface area contributed by atoms with Crippen LogP contribution in [-0.2, 0) is 10.3 Å². The van der Waals surface area contributed by atoms with Crippen molar-refractivity contribution in [3.8, 4) is 0 Å². The molecule has 0 bridgehead atoms. The number of aryl methyl sites for hydroxylation is 1. The van der Waals surface area contributed by atoms with E-state index in [0.717, 1.165) is 12.8 Å². The molecule has 0 saturated heterocycles. The number of carboxylic acid groups (broad SMARTS) is 1. The van der Waals surface area contributed by atoms with E-state index in [1.165, 1.54) is 18.2 Å². The zero-order valence-corrected chi connectivity index (χ0v) is 11.4. The van der Waals surface area contributed by atoms with Crippen LogP contribution in [0.2, 0.25) is 0 Å². The molecule has 0 heterocycles. The molecule has 1 atom stereocenters. The maximum atomic E-state index is 13.2. The molecule has 3 N–H and O–H groups in total. The minimum absolute atomic E-state index is 0. The number of unbranched alkanes of at least 4 members (excludes halogenated alkanes) is 1. The fourth-order valence-corrected chi connectivity index (χ4v) is 1.75. The Labute approximate surface area is 113 Å². The van der Waals surface area contributed by atoms with E-state index >= 15 is 0 Å². The van der Waals surface area contributed by atoms with E-state index in [0.29, 0.717) is 17.5 Å². The van der Waals surface area contributed by atoms with Gasteiger partial charge in [-0.1, -0.05) is 31.9 Å². The molecule has 1 unspecified atom stereocenters. The minimum Gasteiger partial charge on any atom is -0.480 e. The predicted molar refractivity (Wildman–Crippen MR) is 71.4 cm³/mol. The molecule has 0 aromatic heterocycles. The van der Waals surface area contributed by atoms with E-state index in [2.05, 4.69) is 0 Å². The molecule has 5 heteroatoms. The highest BCUT2D eigenvalue weighted by Crippen LogP contribution is 2.26. The van der Waals surface area contributed by atoms with Gasteiger partial charge in [-0.05, 0) is 30.5 Å². The van der Waals surface area contributed by atoms with E-state index < -0.39 is 11.5 Å². The average Bonchev–Trinajstić information content (AvgIpc) is 2.29. The van der Waals surface area contributed by atoms with Crippen LogP contribution in [0.3, 0.4) is 0 Å². The van der Waals surface area contributed by atoms with Crippen molar-refractivity contribution < 1.29 is 14.3 Å². The summed E-state index contributed by atoms with van der Waals surface area (Å²) in [5.41, 5.74) is 5.39. The summed E-state index contributed by atoms with van der Waals surface area (Å²) >= 11 is 0. The zero-order chi connectivity index (χ0) is 13.1. The fourth-order valence-electron chi connectivity index (χ4n) is 1.75. The largest absolute Gasteiger partial charge is 0.480 e. The maximum absolute atomic E-state index is 13.2. The highest BCUT2D eigenvalue weighted by molar-refractivity contribution is 5.85. The van der Waals surface area contributed by atoms with Gasteiger partial charge >= 0.3 is 5.97 Å². The Morgan fingerprint density at radius 3 is 2.56 bits per heavy atom. The molecule has 0 aliphatic heterocycles. The van der Waals surface area contributed by atoms with Crippen LogP contribution in [0.25, 0.3) is 0 Å². The van der Waals surface area contributed by atoms with Gasteiger partial charge in [0.2, 0.25) is 0 Å². The molecule has 0 spiro atoms. The van der Waals surface area contributed by atoms with Crippen molar-refractivity contribution in [2.75, 3.05) is 0 Å². The summed E-state index contributed by atoms with van der Waals surface area (Å²) < 4.78 is 13.2. The van der Waals surface area contributed by atoms with Gasteiger partial charge in [0, 0.05) is 0 Å². The summed E-state index contributed by atoms with van der Waals surface area (Å²) in [7, 11) is 0. The van der Waals surface area contributed by atoms with E-state index in [1.807, 2.05) is 6.92 Å². The minimum atomic E-state index is -1.42. The number of benzene rings is 1. The van der Waals surface area contributed by atoms with Crippen molar-refractivity contribution in [1.29, 1.82) is 0 Å². The second-order valence-electron chi connectivity index (χ2n) is 4.34. The van der Waals surface area contributed by atoms with Crippen LogP contribution in [0, 0.1) is 12.7 Å². The summed E-state index contributed by atoms with van der Waals surface area (Å²) in [5.74, 6) is -1.42. The first-order chi connectivity index (χ1) is 7.91. The maximum Gasteiger partial charge on any atom is 0.328 e. The van der Waals surface area contributed by atoms with Crippen molar-refractivity contribution in [1.82, 2.24) is 0 Å². The summed E-state index contributed by atoms with van der Waals surface area (Å²) in [4.78, 5) is 11.3. The third kappa shape index (κ3) is 3.43. The second kappa shape index (κ2) is 6.71. The van der Waals surface area contributed by atoms with Crippen LogP contribution in [0.5, 0.6) is 0 Å². The van der Waals surface area contributed by atoms with E-state index in [1.54, 1.807) is 6.92 Å². The fraction of sp³-hybridized carbons (Fsp3) is 0.462. The number of nitrogens with two attached hydrogens (primary N) is 1. The first kappa shape index (κ1) is 16.9. The van der Waals surface area contributed by atoms with Crippen LogP contribution in [0.15, 0.2) is 18.2 Å². The molecular weight excluding hydrogens is 257 g/mol. The normalized spacial score (nSPS) is 13.6. The highest BCUT2D eigenvalue weighted by Gasteiger charge is 2.35. The van der Waals surface area contributed by atoms with Gasteiger partial charge in [0.1, 0.15) is 11.4 Å². The van der Waals surface area contributed by atoms with Gasteiger partial charge in [0.25, 0.3) is 0 Å². The molecule has 0 aliphatic rings. The quantitative estimate of drug-likeness (QED) is 0.868. The Morgan fingerprint density at radius 1 is 1.50 bits per heavy atom. The molecule has 18 heavy (non-hydrogen) atoms. The SMILES string of the molecule is CCCCC(N)(C(=O)O)c1ccc(F)c(C)c1.Cl. The lowest BCUT2D eigenvalue weighted by atomic mass is 9.85. The lowest BCUT2D eigenvalue weighted by Crippen LogP contribution is -2.44. The van der Waals surface area contributed by atoms with Gasteiger partial charge in [-0.2, -0.15) is 0 Å². The number of carboxylic acids is 1. The molecule has 0 radical (unpaired) electrons. The number of carbonyl (C=O) groups is 1. The van der Waals surface area contributed by atoms with Crippen LogP contribution in [0.4, 0.5) is 4.39 Å². The van der Waals surface area contributed by atoms with Crippen molar-refractivity contribution >= 4 is 18.4 Å². The first-order valence-corrected chi connectivity index (χ1v) is 5.70. The van der Waals surface area contributed by atoms with Gasteiger partial charge in [-0.3, -0.25) is 0 Å². The summed E-state index contributed by atoms with van der Waals surface area (Å²) in [5, 5.41) is 9.25. The zero-order valence-electron chi connectivity index (χ0n) is 10.6. The summed E-state index contributed by atoms with van der Waals surface area (Å²) in [6.45, 7) is 3.57. The first-order valence-electron chi connectivity index (χ1n) is 5.70. The number of rotatable bonds is 5. The van der Waals surface area contributed by atoms with Crippen LogP contribution in [-0.4, -0.2) is 11.1 Å². The molecule has 1 aromatic carbocycles. The second-order valence-corrected chi connectivity index (χ2v) is 4.34. The number of hydrogen-bond acceptors (Lipinski definition) is 2. The summed E-state index contributed by atoms with van der Waals surface area (Å²) in [6.07, 6.45) is 1.94. The Balaban J connectivity index is 0.00000289. The van der Waals surface area contributed by atoms with Gasteiger partial charge in [-0.15, -0.1) is 12.4 Å². The van der Waals surface area contributed by atoms with Gasteiger partial charge in [0.05, 0.1) is 0 Å². The third-order valence-corrected chi connectivity index (χ3v) is 2.98. The van der Waals surface area contributed by atoms with Crippen LogP contribution in [0.1, 0.15) is 37.3 Å². The van der Waals surface area contributed by atoms with Crippen LogP contribution >= 0.6 is 12.4 Å². The van der Waals surface area contributed by atoms with Crippen LogP contribution < -0.4 is 5.73 Å². The topological polar surface area (TPSA) is 63.3 Å².